The van der Waals surface area contributed by atoms with E-state index < -0.39 is 0 Å². The van der Waals surface area contributed by atoms with Crippen LogP contribution in [0.2, 0.25) is 0 Å². The Kier molecular flexibility index (Phi) is 4.92. The van der Waals surface area contributed by atoms with Crippen LogP contribution in [0, 0.1) is 6.92 Å². The van der Waals surface area contributed by atoms with E-state index in [9.17, 15) is 9.59 Å². The summed E-state index contributed by atoms with van der Waals surface area (Å²) >= 11 is 0. The van der Waals surface area contributed by atoms with Crippen molar-refractivity contribution in [3.05, 3.63) is 53.3 Å². The summed E-state index contributed by atoms with van der Waals surface area (Å²) in [7, 11) is 3.46. The van der Waals surface area contributed by atoms with Gasteiger partial charge in [-0.05, 0) is 29.7 Å². The van der Waals surface area contributed by atoms with E-state index in [0.29, 0.717) is 30.5 Å². The number of carbonyl (C=O) groups excluding carboxylic acids is 2. The smallest absolute Gasteiger partial charge is 0.269 e. The van der Waals surface area contributed by atoms with Crippen molar-refractivity contribution in [1.82, 2.24) is 24.9 Å². The Hall–Kier alpha value is -3.42. The highest BCUT2D eigenvalue weighted by atomic mass is 16.5. The van der Waals surface area contributed by atoms with Gasteiger partial charge >= 0.3 is 0 Å². The number of hydrogen-bond acceptors (Lipinski definition) is 5. The Bertz CT molecular complexity index is 1110. The highest BCUT2D eigenvalue weighted by Crippen LogP contribution is 2.25. The number of benzene rings is 1. The Labute approximate surface area is 168 Å². The zero-order chi connectivity index (χ0) is 20.5. The van der Waals surface area contributed by atoms with Crippen molar-refractivity contribution in [2.24, 2.45) is 0 Å². The van der Waals surface area contributed by atoms with Crippen molar-refractivity contribution >= 4 is 28.3 Å². The molecule has 3 heterocycles. The molecule has 1 aromatic carbocycles. The maximum atomic E-state index is 12.6. The van der Waals surface area contributed by atoms with Crippen molar-refractivity contribution in [3.8, 4) is 0 Å². The molecule has 2 aromatic heterocycles. The molecule has 8 heteroatoms. The van der Waals surface area contributed by atoms with E-state index >= 15 is 0 Å². The van der Waals surface area contributed by atoms with Gasteiger partial charge in [0.2, 0.25) is 11.8 Å². The van der Waals surface area contributed by atoms with E-state index in [0.717, 1.165) is 28.5 Å². The van der Waals surface area contributed by atoms with E-state index in [1.165, 1.54) is 0 Å². The fourth-order valence-electron chi connectivity index (χ4n) is 3.51. The minimum absolute atomic E-state index is 0.0174. The number of amides is 2. The topological polar surface area (TPSA) is 95.3 Å². The zero-order valence-corrected chi connectivity index (χ0v) is 16.7. The van der Waals surface area contributed by atoms with Crippen LogP contribution in [-0.4, -0.2) is 63.9 Å². The fourth-order valence-corrected chi connectivity index (χ4v) is 3.51. The number of carbonyl (C=O) groups is 2. The lowest BCUT2D eigenvalue weighted by atomic mass is 10.00. The van der Waals surface area contributed by atoms with Gasteiger partial charge in [-0.3, -0.25) is 9.59 Å². The van der Waals surface area contributed by atoms with E-state index in [4.69, 9.17) is 4.52 Å². The Morgan fingerprint density at radius 1 is 1.28 bits per heavy atom. The van der Waals surface area contributed by atoms with E-state index in [1.807, 2.05) is 29.2 Å². The number of rotatable bonds is 4. The molecule has 0 radical (unpaired) electrons. The van der Waals surface area contributed by atoms with Crippen LogP contribution in [0.4, 0.5) is 0 Å². The van der Waals surface area contributed by atoms with Gasteiger partial charge in [0.05, 0.1) is 6.42 Å². The van der Waals surface area contributed by atoms with Gasteiger partial charge in [0, 0.05) is 45.0 Å². The summed E-state index contributed by atoms with van der Waals surface area (Å²) in [6, 6.07) is 7.92. The van der Waals surface area contributed by atoms with Crippen molar-refractivity contribution in [1.29, 1.82) is 0 Å². The van der Waals surface area contributed by atoms with Crippen molar-refractivity contribution in [3.63, 3.8) is 0 Å². The molecule has 2 amide bonds. The molecule has 0 spiro atoms. The monoisotopic (exact) mass is 393 g/mol. The quantitative estimate of drug-likeness (QED) is 0.734. The summed E-state index contributed by atoms with van der Waals surface area (Å²) in [6.07, 6.45) is 3.09. The predicted molar refractivity (Wildman–Crippen MR) is 108 cm³/mol. The molecule has 3 aromatic rings. The van der Waals surface area contributed by atoms with Gasteiger partial charge in [-0.15, -0.1) is 0 Å². The Morgan fingerprint density at radius 2 is 2.10 bits per heavy atom. The summed E-state index contributed by atoms with van der Waals surface area (Å²) in [5, 5.41) is 4.79. The summed E-state index contributed by atoms with van der Waals surface area (Å²) in [6.45, 7) is 2.91. The standard InChI is InChI=1S/C21H23N5O3/c1-13-22-19(24-29-13)11-20(27)26-8-4-5-16(12-26)14-6-7-15-10-18(21(28)25(2)3)23-17(15)9-14/h5-7,9-10,23H,4,8,11-12H2,1-3H3. The molecule has 0 saturated carbocycles. The maximum absolute atomic E-state index is 12.6. The van der Waals surface area contributed by atoms with Crippen LogP contribution in [0.5, 0.6) is 0 Å². The molecule has 8 nitrogen and oxygen atoms in total. The van der Waals surface area contributed by atoms with Crippen LogP contribution >= 0.6 is 0 Å². The molecule has 0 saturated heterocycles. The number of aryl methyl sites for hydroxylation is 1. The van der Waals surface area contributed by atoms with Crippen LogP contribution in [-0.2, 0) is 11.2 Å². The summed E-state index contributed by atoms with van der Waals surface area (Å²) in [5.74, 6) is 0.789. The molecule has 0 bridgehead atoms. The highest BCUT2D eigenvalue weighted by molar-refractivity contribution is 5.98. The van der Waals surface area contributed by atoms with E-state index in [1.54, 1.807) is 25.9 Å². The summed E-state index contributed by atoms with van der Waals surface area (Å²) in [5.41, 5.74) is 3.59. The number of fused-ring (bicyclic) bond motifs is 1. The Morgan fingerprint density at radius 3 is 2.83 bits per heavy atom. The minimum Gasteiger partial charge on any atom is -0.351 e. The van der Waals surface area contributed by atoms with Gasteiger partial charge in [0.25, 0.3) is 5.91 Å². The van der Waals surface area contributed by atoms with Crippen LogP contribution in [0.15, 0.2) is 34.9 Å². The molecule has 1 aliphatic rings. The molecule has 0 atom stereocenters. The second kappa shape index (κ2) is 7.54. The number of aromatic nitrogens is 3. The van der Waals surface area contributed by atoms with Crippen LogP contribution in [0.3, 0.4) is 0 Å². The fraction of sp³-hybridized carbons (Fsp3) is 0.333. The first-order chi connectivity index (χ1) is 13.9. The van der Waals surface area contributed by atoms with Crippen molar-refractivity contribution in [2.45, 2.75) is 19.8 Å². The first-order valence-electron chi connectivity index (χ1n) is 9.51. The molecule has 150 valence electrons. The summed E-state index contributed by atoms with van der Waals surface area (Å²) in [4.78, 5) is 35.5. The maximum Gasteiger partial charge on any atom is 0.269 e. The number of nitrogens with one attached hydrogen (secondary N) is 1. The number of H-pyrrole nitrogens is 1. The first kappa shape index (κ1) is 18.9. The second-order valence-corrected chi connectivity index (χ2v) is 7.42. The highest BCUT2D eigenvalue weighted by Gasteiger charge is 2.21. The van der Waals surface area contributed by atoms with Gasteiger partial charge in [-0.1, -0.05) is 23.4 Å². The third kappa shape index (κ3) is 3.91. The van der Waals surface area contributed by atoms with Gasteiger partial charge in [0.15, 0.2) is 5.82 Å². The van der Waals surface area contributed by atoms with Gasteiger partial charge in [0.1, 0.15) is 5.69 Å². The molecule has 0 aliphatic carbocycles. The average molecular weight is 393 g/mol. The van der Waals surface area contributed by atoms with Crippen molar-refractivity contribution < 1.29 is 14.1 Å². The number of hydrogen-bond donors (Lipinski definition) is 1. The second-order valence-electron chi connectivity index (χ2n) is 7.42. The zero-order valence-electron chi connectivity index (χ0n) is 16.7. The molecule has 1 N–H and O–H groups in total. The normalized spacial score (nSPS) is 14.2. The third-order valence-electron chi connectivity index (χ3n) is 5.01. The molecule has 0 fully saturated rings. The number of nitrogens with zero attached hydrogens (tertiary/aromatic N) is 4. The lowest BCUT2D eigenvalue weighted by molar-refractivity contribution is -0.130. The third-order valence-corrected chi connectivity index (χ3v) is 5.01. The van der Waals surface area contributed by atoms with Crippen LogP contribution in [0.1, 0.15) is 34.2 Å². The first-order valence-corrected chi connectivity index (χ1v) is 9.51. The van der Waals surface area contributed by atoms with Gasteiger partial charge in [-0.2, -0.15) is 4.98 Å². The largest absolute Gasteiger partial charge is 0.351 e. The SMILES string of the molecule is Cc1nc(CC(=O)N2CCC=C(c3ccc4cc(C(=O)N(C)C)[nH]c4c3)C2)no1. The molecular weight excluding hydrogens is 370 g/mol. The Balaban J connectivity index is 1.51. The van der Waals surface area contributed by atoms with Crippen molar-refractivity contribution in [2.75, 3.05) is 27.2 Å². The molecule has 29 heavy (non-hydrogen) atoms. The molecule has 0 unspecified atom stereocenters. The molecule has 4 rings (SSSR count). The lowest BCUT2D eigenvalue weighted by Crippen LogP contribution is -2.36. The van der Waals surface area contributed by atoms with E-state index in [-0.39, 0.29) is 18.2 Å². The minimum atomic E-state index is -0.0619. The van der Waals surface area contributed by atoms with E-state index in [2.05, 4.69) is 21.2 Å². The number of aromatic amines is 1. The van der Waals surface area contributed by atoms with Gasteiger partial charge in [-0.25, -0.2) is 0 Å². The molecular formula is C21H23N5O3. The average Bonchev–Trinajstić information content (AvgIpc) is 3.32. The van der Waals surface area contributed by atoms with Gasteiger partial charge < -0.3 is 19.3 Å². The van der Waals surface area contributed by atoms with Crippen LogP contribution in [0.25, 0.3) is 16.5 Å². The lowest BCUT2D eigenvalue weighted by Gasteiger charge is -2.27. The van der Waals surface area contributed by atoms with Crippen LogP contribution < -0.4 is 0 Å². The molecule has 1 aliphatic heterocycles. The summed E-state index contributed by atoms with van der Waals surface area (Å²) < 4.78 is 4.94. The predicted octanol–water partition coefficient (Wildman–Crippen LogP) is 2.42.